The number of ether oxygens (including phenoxy) is 1. The average Bonchev–Trinajstić information content (AvgIpc) is 3.28. The molecule has 0 saturated heterocycles. The van der Waals surface area contributed by atoms with Crippen LogP contribution in [0.15, 0.2) is 59.5 Å². The topological polar surface area (TPSA) is 80.7 Å². The fourth-order valence-corrected chi connectivity index (χ4v) is 5.97. The number of methoxy groups -OCH3 is 1. The molecular weight excluding hydrogens is 340 g/mol. The molecule has 0 aromatic heterocycles. The van der Waals surface area contributed by atoms with Crippen LogP contribution in [0.3, 0.4) is 0 Å². The quantitative estimate of drug-likeness (QED) is 0.856. The van der Waals surface area contributed by atoms with Gasteiger partial charge in [-0.1, -0.05) is 48.0 Å². The zero-order valence-electron chi connectivity index (χ0n) is 14.0. The second-order valence-corrected chi connectivity index (χ2v) is 8.51. The molecule has 0 heterocycles. The van der Waals surface area contributed by atoms with Crippen LogP contribution in [0.4, 0.5) is 0 Å². The van der Waals surface area contributed by atoms with Crippen molar-refractivity contribution in [3.05, 3.63) is 65.7 Å². The third kappa shape index (κ3) is 2.75. The first-order valence-corrected chi connectivity index (χ1v) is 9.48. The molecule has 1 aliphatic rings. The molecule has 1 saturated carbocycles. The SMILES string of the molecule is COC[C@]1(C(=O)O)[C@@H](c2ccc(C)cc2)[C@@H]1S(=O)(=O)c1ccccc1. The van der Waals surface area contributed by atoms with Crippen molar-refractivity contribution in [2.24, 2.45) is 5.41 Å². The van der Waals surface area contributed by atoms with E-state index >= 15 is 0 Å². The summed E-state index contributed by atoms with van der Waals surface area (Å²) in [6.45, 7) is 1.77. The molecule has 0 amide bonds. The zero-order chi connectivity index (χ0) is 18.2. The molecule has 0 spiro atoms. The minimum atomic E-state index is -3.81. The van der Waals surface area contributed by atoms with E-state index in [2.05, 4.69) is 0 Å². The summed E-state index contributed by atoms with van der Waals surface area (Å²) in [7, 11) is -2.42. The lowest BCUT2D eigenvalue weighted by Gasteiger charge is -2.12. The Bertz CT molecular complexity index is 874. The minimum Gasteiger partial charge on any atom is -0.481 e. The van der Waals surface area contributed by atoms with Crippen molar-refractivity contribution in [2.75, 3.05) is 13.7 Å². The minimum absolute atomic E-state index is 0.135. The molecule has 3 atom stereocenters. The number of carboxylic acid groups (broad SMARTS) is 1. The summed E-state index contributed by atoms with van der Waals surface area (Å²) in [5.74, 6) is -1.79. The molecule has 2 aromatic rings. The Morgan fingerprint density at radius 1 is 1.12 bits per heavy atom. The number of sulfone groups is 1. The second-order valence-electron chi connectivity index (χ2n) is 6.45. The van der Waals surface area contributed by atoms with Gasteiger partial charge < -0.3 is 9.84 Å². The molecule has 0 radical (unpaired) electrons. The van der Waals surface area contributed by atoms with Gasteiger partial charge in [-0.3, -0.25) is 4.79 Å². The maximum absolute atomic E-state index is 13.1. The molecule has 5 nitrogen and oxygen atoms in total. The van der Waals surface area contributed by atoms with Crippen molar-refractivity contribution >= 4 is 15.8 Å². The van der Waals surface area contributed by atoms with Crippen molar-refractivity contribution in [1.82, 2.24) is 0 Å². The van der Waals surface area contributed by atoms with Crippen LogP contribution in [0.25, 0.3) is 0 Å². The first kappa shape index (κ1) is 17.6. The number of benzene rings is 2. The van der Waals surface area contributed by atoms with Crippen LogP contribution < -0.4 is 0 Å². The highest BCUT2D eigenvalue weighted by Gasteiger charge is 2.76. The Balaban J connectivity index is 2.12. The van der Waals surface area contributed by atoms with Crippen LogP contribution in [-0.4, -0.2) is 38.5 Å². The lowest BCUT2D eigenvalue weighted by molar-refractivity contribution is -0.145. The van der Waals surface area contributed by atoms with Gasteiger partial charge in [0.25, 0.3) is 0 Å². The Hall–Kier alpha value is -2.18. The van der Waals surface area contributed by atoms with Gasteiger partial charge in [-0.25, -0.2) is 8.42 Å². The first-order chi connectivity index (χ1) is 11.9. The van der Waals surface area contributed by atoms with Crippen LogP contribution in [-0.2, 0) is 19.4 Å². The summed E-state index contributed by atoms with van der Waals surface area (Å²) < 4.78 is 31.4. The van der Waals surface area contributed by atoms with Crippen LogP contribution in [0.2, 0.25) is 0 Å². The molecule has 132 valence electrons. The van der Waals surface area contributed by atoms with Gasteiger partial charge in [-0.2, -0.15) is 0 Å². The second kappa shape index (κ2) is 6.28. The molecule has 0 bridgehead atoms. The zero-order valence-corrected chi connectivity index (χ0v) is 14.9. The van der Waals surface area contributed by atoms with Crippen LogP contribution >= 0.6 is 0 Å². The molecule has 1 N–H and O–H groups in total. The van der Waals surface area contributed by atoms with E-state index in [0.717, 1.165) is 5.56 Å². The van der Waals surface area contributed by atoms with Crippen LogP contribution in [0.1, 0.15) is 17.0 Å². The van der Waals surface area contributed by atoms with Gasteiger partial charge in [0, 0.05) is 13.0 Å². The summed E-state index contributed by atoms with van der Waals surface area (Å²) in [5.41, 5.74) is 0.257. The maximum atomic E-state index is 13.1. The smallest absolute Gasteiger partial charge is 0.314 e. The van der Waals surface area contributed by atoms with E-state index in [1.807, 2.05) is 19.1 Å². The number of aryl methyl sites for hydroxylation is 1. The molecule has 1 aliphatic carbocycles. The van der Waals surface area contributed by atoms with Crippen molar-refractivity contribution in [3.8, 4) is 0 Å². The summed E-state index contributed by atoms with van der Waals surface area (Å²) in [5, 5.41) is 8.80. The fourth-order valence-electron chi connectivity index (χ4n) is 3.59. The number of hydrogen-bond acceptors (Lipinski definition) is 4. The summed E-state index contributed by atoms with van der Waals surface area (Å²) in [4.78, 5) is 12.2. The number of carboxylic acids is 1. The van der Waals surface area contributed by atoms with E-state index in [4.69, 9.17) is 4.74 Å². The highest BCUT2D eigenvalue weighted by atomic mass is 32.2. The van der Waals surface area contributed by atoms with Crippen LogP contribution in [0.5, 0.6) is 0 Å². The molecule has 25 heavy (non-hydrogen) atoms. The molecule has 6 heteroatoms. The third-order valence-corrected chi connectivity index (χ3v) is 7.17. The molecule has 3 rings (SSSR count). The average molecular weight is 360 g/mol. The first-order valence-electron chi connectivity index (χ1n) is 7.93. The summed E-state index contributed by atoms with van der Waals surface area (Å²) in [6, 6.07) is 15.3. The predicted molar refractivity (Wildman–Crippen MR) is 93.3 cm³/mol. The van der Waals surface area contributed by atoms with Gasteiger partial charge in [-0.15, -0.1) is 0 Å². The Kier molecular flexibility index (Phi) is 4.43. The lowest BCUT2D eigenvalue weighted by atomic mass is 9.99. The van der Waals surface area contributed by atoms with E-state index < -0.39 is 32.4 Å². The van der Waals surface area contributed by atoms with E-state index in [-0.39, 0.29) is 11.5 Å². The highest BCUT2D eigenvalue weighted by molar-refractivity contribution is 7.92. The fraction of sp³-hybridized carbons (Fsp3) is 0.316. The Morgan fingerprint density at radius 3 is 2.24 bits per heavy atom. The summed E-state index contributed by atoms with van der Waals surface area (Å²) >= 11 is 0. The predicted octanol–water partition coefficient (Wildman–Crippen LogP) is 2.65. The molecule has 1 fully saturated rings. The van der Waals surface area contributed by atoms with E-state index in [1.165, 1.54) is 19.2 Å². The highest BCUT2D eigenvalue weighted by Crippen LogP contribution is 2.64. The van der Waals surface area contributed by atoms with Gasteiger partial charge in [-0.05, 0) is 24.6 Å². The Morgan fingerprint density at radius 2 is 1.72 bits per heavy atom. The van der Waals surface area contributed by atoms with Gasteiger partial charge in [0.15, 0.2) is 9.84 Å². The number of carbonyl (C=O) groups is 1. The molecule has 2 aromatic carbocycles. The largest absolute Gasteiger partial charge is 0.481 e. The van der Waals surface area contributed by atoms with Crippen molar-refractivity contribution < 1.29 is 23.1 Å². The van der Waals surface area contributed by atoms with Gasteiger partial charge >= 0.3 is 5.97 Å². The molecule has 0 aliphatic heterocycles. The van der Waals surface area contributed by atoms with Crippen molar-refractivity contribution in [2.45, 2.75) is 23.0 Å². The van der Waals surface area contributed by atoms with Gasteiger partial charge in [0.2, 0.25) is 0 Å². The number of aliphatic carboxylic acids is 1. The number of rotatable bonds is 6. The Labute approximate surface area is 147 Å². The van der Waals surface area contributed by atoms with E-state index in [1.54, 1.807) is 30.3 Å². The summed E-state index contributed by atoms with van der Waals surface area (Å²) in [6.07, 6.45) is 0. The standard InChI is InChI=1S/C19H20O5S/c1-13-8-10-14(11-9-13)16-17(19(16,12-24-2)18(20)21)25(22,23)15-6-4-3-5-7-15/h3-11,16-17H,12H2,1-2H3,(H,20,21)/t16-,17-,19-/m0/s1. The number of hydrogen-bond donors (Lipinski definition) is 1. The molecular formula is C19H20O5S. The third-order valence-electron chi connectivity index (χ3n) is 4.88. The van der Waals surface area contributed by atoms with Crippen molar-refractivity contribution in [3.63, 3.8) is 0 Å². The van der Waals surface area contributed by atoms with Crippen molar-refractivity contribution in [1.29, 1.82) is 0 Å². The normalized spacial score (nSPS) is 25.5. The van der Waals surface area contributed by atoms with Crippen LogP contribution in [0, 0.1) is 12.3 Å². The van der Waals surface area contributed by atoms with Gasteiger partial charge in [0.1, 0.15) is 5.41 Å². The van der Waals surface area contributed by atoms with E-state index in [0.29, 0.717) is 5.56 Å². The molecule has 0 unspecified atom stereocenters. The lowest BCUT2D eigenvalue weighted by Crippen LogP contribution is -2.28. The maximum Gasteiger partial charge on any atom is 0.314 e. The monoisotopic (exact) mass is 360 g/mol. The van der Waals surface area contributed by atoms with E-state index in [9.17, 15) is 18.3 Å². The van der Waals surface area contributed by atoms with Gasteiger partial charge in [0.05, 0.1) is 16.8 Å².